The standard InChI is InChI=1S/C46H54O5S2/c1-7-13-32-14-16-34(17-15-32)43-37(35-20-23-39-40(28-35)52-41-27-30(3)26-31(4)46(41)53-39)29-38(44(48-5)45(43)49-6)33-18-21-36(22-19-33)50-24-11-9-10-12-25-51-42(47)8-2/h8,18-23,26-29,32,34H,2,7,9-17,24-25H2,1,3-6H3. The molecule has 0 radical (unpaired) electrons. The van der Waals surface area contributed by atoms with E-state index in [1.807, 2.05) is 35.7 Å². The lowest BCUT2D eigenvalue weighted by Crippen LogP contribution is -2.15. The van der Waals surface area contributed by atoms with E-state index in [0.717, 1.165) is 72.8 Å². The minimum absolute atomic E-state index is 0.363. The molecule has 0 amide bonds. The quantitative estimate of drug-likeness (QED) is 0.0565. The molecular weight excluding hydrogens is 697 g/mol. The number of benzene rings is 4. The SMILES string of the molecule is C=CC(=O)OCCCCCCOc1ccc(-c2cc(-c3ccc4c(c3)Sc3cc(C)cc(C)c3S4)c(C3CCC(CCC)CC3)c(OC)c2OC)cc1. The van der Waals surface area contributed by atoms with Crippen molar-refractivity contribution in [3.8, 4) is 39.5 Å². The summed E-state index contributed by atoms with van der Waals surface area (Å²) in [6.07, 6.45) is 12.4. The number of hydrogen-bond donors (Lipinski definition) is 0. The van der Waals surface area contributed by atoms with Gasteiger partial charge in [0, 0.05) is 36.8 Å². The molecule has 0 N–H and O–H groups in total. The third kappa shape index (κ3) is 9.29. The maximum Gasteiger partial charge on any atom is 0.330 e. The van der Waals surface area contributed by atoms with Crippen molar-refractivity contribution in [2.45, 2.75) is 110 Å². The fourth-order valence-electron chi connectivity index (χ4n) is 7.97. The Morgan fingerprint density at radius 2 is 1.49 bits per heavy atom. The Balaban J connectivity index is 1.29. The first-order valence-corrected chi connectivity index (χ1v) is 20.9. The topological polar surface area (TPSA) is 54.0 Å². The first-order valence-electron chi connectivity index (χ1n) is 19.3. The van der Waals surface area contributed by atoms with Crippen molar-refractivity contribution in [1.29, 1.82) is 0 Å². The van der Waals surface area contributed by atoms with Gasteiger partial charge in [-0.3, -0.25) is 0 Å². The van der Waals surface area contributed by atoms with Crippen molar-refractivity contribution in [2.75, 3.05) is 27.4 Å². The van der Waals surface area contributed by atoms with Gasteiger partial charge in [0.25, 0.3) is 0 Å². The first-order chi connectivity index (χ1) is 25.8. The maximum atomic E-state index is 11.2. The van der Waals surface area contributed by atoms with Crippen molar-refractivity contribution in [1.82, 2.24) is 0 Å². The molecule has 6 rings (SSSR count). The molecule has 1 heterocycles. The average molecular weight is 751 g/mol. The number of esters is 1. The molecule has 0 aromatic heterocycles. The van der Waals surface area contributed by atoms with Crippen LogP contribution in [0.2, 0.25) is 0 Å². The molecule has 0 unspecified atom stereocenters. The van der Waals surface area contributed by atoms with Gasteiger partial charge < -0.3 is 18.9 Å². The lowest BCUT2D eigenvalue weighted by Gasteiger charge is -2.32. The van der Waals surface area contributed by atoms with Crippen LogP contribution >= 0.6 is 23.5 Å². The Kier molecular flexibility index (Phi) is 13.6. The zero-order valence-corrected chi connectivity index (χ0v) is 33.7. The van der Waals surface area contributed by atoms with E-state index in [9.17, 15) is 4.79 Å². The minimum Gasteiger partial charge on any atom is -0.494 e. The molecule has 1 saturated carbocycles. The predicted molar refractivity (Wildman–Crippen MR) is 219 cm³/mol. The molecule has 5 nitrogen and oxygen atoms in total. The number of ether oxygens (including phenoxy) is 4. The third-order valence-corrected chi connectivity index (χ3v) is 13.3. The zero-order valence-electron chi connectivity index (χ0n) is 32.1. The highest BCUT2D eigenvalue weighted by Crippen LogP contribution is 2.54. The van der Waals surface area contributed by atoms with E-state index in [4.69, 9.17) is 18.9 Å². The van der Waals surface area contributed by atoms with E-state index < -0.39 is 0 Å². The second kappa shape index (κ2) is 18.5. The van der Waals surface area contributed by atoms with E-state index in [2.05, 4.69) is 75.9 Å². The Bertz CT molecular complexity index is 1890. The summed E-state index contributed by atoms with van der Waals surface area (Å²) in [6.45, 7) is 11.2. The summed E-state index contributed by atoms with van der Waals surface area (Å²) in [5.74, 6) is 3.34. The summed E-state index contributed by atoms with van der Waals surface area (Å²) in [7, 11) is 3.56. The van der Waals surface area contributed by atoms with Crippen molar-refractivity contribution in [2.24, 2.45) is 5.92 Å². The highest BCUT2D eigenvalue weighted by atomic mass is 32.2. The number of fused-ring (bicyclic) bond motifs is 2. The molecule has 1 aliphatic heterocycles. The number of carbonyl (C=O) groups is 1. The molecule has 4 aromatic rings. The molecule has 0 spiro atoms. The molecule has 0 saturated heterocycles. The molecule has 2 aliphatic rings. The van der Waals surface area contributed by atoms with Crippen LogP contribution in [-0.2, 0) is 9.53 Å². The van der Waals surface area contributed by atoms with Gasteiger partial charge in [0.1, 0.15) is 5.75 Å². The maximum absolute atomic E-state index is 11.2. The largest absolute Gasteiger partial charge is 0.494 e. The zero-order chi connectivity index (χ0) is 37.3. The molecule has 0 bridgehead atoms. The van der Waals surface area contributed by atoms with Gasteiger partial charge in [0.2, 0.25) is 0 Å². The van der Waals surface area contributed by atoms with Gasteiger partial charge in [-0.15, -0.1) is 0 Å². The Labute approximate surface area is 325 Å². The minimum atomic E-state index is -0.363. The van der Waals surface area contributed by atoms with Crippen LogP contribution in [0.1, 0.15) is 93.7 Å². The molecule has 1 fully saturated rings. The van der Waals surface area contributed by atoms with Gasteiger partial charge >= 0.3 is 5.97 Å². The van der Waals surface area contributed by atoms with Gasteiger partial charge in [-0.1, -0.05) is 74.1 Å². The molecule has 53 heavy (non-hydrogen) atoms. The van der Waals surface area contributed by atoms with Crippen LogP contribution in [0.15, 0.2) is 92.9 Å². The molecule has 280 valence electrons. The van der Waals surface area contributed by atoms with Crippen molar-refractivity contribution in [3.05, 3.63) is 90.0 Å². The smallest absolute Gasteiger partial charge is 0.330 e. The average Bonchev–Trinajstić information content (AvgIpc) is 3.17. The van der Waals surface area contributed by atoms with Crippen LogP contribution in [0.3, 0.4) is 0 Å². The summed E-state index contributed by atoms with van der Waals surface area (Å²) < 4.78 is 23.8. The normalized spacial score (nSPS) is 16.3. The van der Waals surface area contributed by atoms with E-state index in [0.29, 0.717) is 19.1 Å². The summed E-state index contributed by atoms with van der Waals surface area (Å²) in [5, 5.41) is 0. The molecule has 1 aliphatic carbocycles. The van der Waals surface area contributed by atoms with Crippen LogP contribution < -0.4 is 14.2 Å². The fourth-order valence-corrected chi connectivity index (χ4v) is 10.5. The second-order valence-electron chi connectivity index (χ2n) is 14.4. The Morgan fingerprint density at radius 3 is 2.19 bits per heavy atom. The van der Waals surface area contributed by atoms with Gasteiger partial charge in [-0.2, -0.15) is 0 Å². The monoisotopic (exact) mass is 750 g/mol. The Morgan fingerprint density at radius 1 is 0.774 bits per heavy atom. The molecule has 0 atom stereocenters. The van der Waals surface area contributed by atoms with Gasteiger partial charge in [0.05, 0.1) is 27.4 Å². The van der Waals surface area contributed by atoms with Gasteiger partial charge in [0.15, 0.2) is 11.5 Å². The van der Waals surface area contributed by atoms with E-state index in [1.54, 1.807) is 14.2 Å². The number of methoxy groups -OCH3 is 2. The summed E-state index contributed by atoms with van der Waals surface area (Å²) in [6, 6.07) is 22.3. The predicted octanol–water partition coefficient (Wildman–Crippen LogP) is 13.0. The highest BCUT2D eigenvalue weighted by molar-refractivity contribution is 8.05. The molecular formula is C46H54O5S2. The van der Waals surface area contributed by atoms with Crippen LogP contribution in [-0.4, -0.2) is 33.4 Å². The highest BCUT2D eigenvalue weighted by Gasteiger charge is 2.31. The summed E-state index contributed by atoms with van der Waals surface area (Å²) in [4.78, 5) is 16.5. The van der Waals surface area contributed by atoms with Gasteiger partial charge in [-0.05, 0) is 141 Å². The first kappa shape index (κ1) is 38.9. The van der Waals surface area contributed by atoms with Crippen molar-refractivity contribution < 1.29 is 23.7 Å². The van der Waals surface area contributed by atoms with Crippen LogP contribution in [0.5, 0.6) is 17.2 Å². The number of aryl methyl sites for hydroxylation is 2. The molecule has 7 heteroatoms. The van der Waals surface area contributed by atoms with E-state index in [1.165, 1.54) is 79.2 Å². The van der Waals surface area contributed by atoms with Crippen molar-refractivity contribution >= 4 is 29.5 Å². The number of rotatable bonds is 16. The summed E-state index contributed by atoms with van der Waals surface area (Å²) >= 11 is 3.78. The number of carbonyl (C=O) groups excluding carboxylic acids is 1. The lowest BCUT2D eigenvalue weighted by molar-refractivity contribution is -0.137. The van der Waals surface area contributed by atoms with Crippen LogP contribution in [0.25, 0.3) is 22.3 Å². The summed E-state index contributed by atoms with van der Waals surface area (Å²) in [5.41, 5.74) is 8.45. The van der Waals surface area contributed by atoms with Crippen LogP contribution in [0, 0.1) is 19.8 Å². The Hall–Kier alpha value is -3.81. The molecule has 4 aromatic carbocycles. The fraction of sp³-hybridized carbons (Fsp3) is 0.413. The van der Waals surface area contributed by atoms with Crippen molar-refractivity contribution in [3.63, 3.8) is 0 Å². The number of unbranched alkanes of at least 4 members (excludes halogenated alkanes) is 3. The second-order valence-corrected chi connectivity index (χ2v) is 16.5. The van der Waals surface area contributed by atoms with Crippen LogP contribution in [0.4, 0.5) is 0 Å². The van der Waals surface area contributed by atoms with Gasteiger partial charge in [-0.25, -0.2) is 4.79 Å². The number of hydrogen-bond acceptors (Lipinski definition) is 7. The third-order valence-electron chi connectivity index (χ3n) is 10.6. The van der Waals surface area contributed by atoms with E-state index in [-0.39, 0.29) is 5.97 Å². The van der Waals surface area contributed by atoms with E-state index >= 15 is 0 Å². The lowest BCUT2D eigenvalue weighted by atomic mass is 9.74.